The van der Waals surface area contributed by atoms with Gasteiger partial charge in [0.25, 0.3) is 0 Å². The van der Waals surface area contributed by atoms with E-state index in [-0.39, 0.29) is 42.0 Å². The lowest BCUT2D eigenvalue weighted by atomic mass is 10.1. The van der Waals surface area contributed by atoms with Gasteiger partial charge in [-0.05, 0) is 62.2 Å². The molecule has 0 saturated carbocycles. The molecule has 1 atom stereocenters. The summed E-state index contributed by atoms with van der Waals surface area (Å²) in [4.78, 5) is 1.76. The molecule has 7 nitrogen and oxygen atoms in total. The summed E-state index contributed by atoms with van der Waals surface area (Å²) >= 11 is 0. The normalized spacial score (nSPS) is 21.3. The predicted octanol–water partition coefficient (Wildman–Crippen LogP) is 3.78. The van der Waals surface area contributed by atoms with Crippen molar-refractivity contribution in [1.82, 2.24) is 8.61 Å². The summed E-state index contributed by atoms with van der Waals surface area (Å²) in [5, 5.41) is 0. The molecular weight excluding hydrogens is 503 g/mol. The average molecular weight is 532 g/mol. The van der Waals surface area contributed by atoms with Gasteiger partial charge in [-0.1, -0.05) is 12.5 Å². The molecule has 2 aromatic carbocycles. The number of hydrogen-bond acceptors (Lipinski definition) is 5. The largest absolute Gasteiger partial charge is 0.416 e. The lowest BCUT2D eigenvalue weighted by Gasteiger charge is -2.35. The summed E-state index contributed by atoms with van der Waals surface area (Å²) < 4.78 is 94.1. The van der Waals surface area contributed by atoms with Crippen LogP contribution in [-0.2, 0) is 26.2 Å². The van der Waals surface area contributed by atoms with Crippen LogP contribution in [0.4, 0.5) is 18.9 Å². The number of sulfonamides is 2. The van der Waals surface area contributed by atoms with Crippen LogP contribution in [0.25, 0.3) is 0 Å². The fourth-order valence-electron chi connectivity index (χ4n) is 4.56. The van der Waals surface area contributed by atoms with Gasteiger partial charge in [-0.2, -0.15) is 21.8 Å². The van der Waals surface area contributed by atoms with Gasteiger partial charge >= 0.3 is 6.18 Å². The molecule has 35 heavy (non-hydrogen) atoms. The summed E-state index contributed by atoms with van der Waals surface area (Å²) in [7, 11) is -7.59. The van der Waals surface area contributed by atoms with E-state index in [0.717, 1.165) is 31.4 Å². The molecule has 12 heteroatoms. The Labute approximate surface area is 204 Å². The minimum Gasteiger partial charge on any atom is -0.369 e. The van der Waals surface area contributed by atoms with Crippen molar-refractivity contribution in [2.45, 2.75) is 48.2 Å². The molecule has 4 rings (SSSR count). The summed E-state index contributed by atoms with van der Waals surface area (Å²) in [5.74, 6) is 0. The quantitative estimate of drug-likeness (QED) is 0.587. The highest BCUT2D eigenvalue weighted by molar-refractivity contribution is 7.89. The molecule has 2 aromatic rings. The van der Waals surface area contributed by atoms with E-state index in [9.17, 15) is 30.0 Å². The van der Waals surface area contributed by atoms with Crippen molar-refractivity contribution in [3.8, 4) is 0 Å². The number of halogens is 3. The predicted molar refractivity (Wildman–Crippen MR) is 126 cm³/mol. The number of piperazine rings is 1. The first kappa shape index (κ1) is 25.9. The highest BCUT2D eigenvalue weighted by atomic mass is 32.2. The molecule has 2 heterocycles. The van der Waals surface area contributed by atoms with E-state index in [2.05, 4.69) is 0 Å². The number of benzene rings is 2. The van der Waals surface area contributed by atoms with E-state index in [1.807, 2.05) is 6.92 Å². The van der Waals surface area contributed by atoms with Gasteiger partial charge in [0.05, 0.1) is 15.4 Å². The van der Waals surface area contributed by atoms with Crippen molar-refractivity contribution in [3.05, 3.63) is 54.1 Å². The Balaban J connectivity index is 1.45. The molecule has 0 N–H and O–H groups in total. The summed E-state index contributed by atoms with van der Waals surface area (Å²) in [6.07, 6.45) is -1.89. The first-order valence-corrected chi connectivity index (χ1v) is 14.3. The Bertz CT molecular complexity index is 1260. The standard InChI is InChI=1S/C23H28F3N3O4S2/c1-18-5-2-3-12-29(18)35(32,33)22-10-8-21(9-11-22)34(30,31)28-15-13-27(14-16-28)20-7-4-6-19(17-20)23(24,25)26/h4,6-11,17-18H,2-3,5,12-16H2,1H3/t18-/m1/s1. The van der Waals surface area contributed by atoms with Crippen molar-refractivity contribution in [1.29, 1.82) is 0 Å². The molecule has 0 radical (unpaired) electrons. The van der Waals surface area contributed by atoms with Crippen molar-refractivity contribution in [2.24, 2.45) is 0 Å². The van der Waals surface area contributed by atoms with Crippen LogP contribution in [0.2, 0.25) is 0 Å². The Morgan fingerprint density at radius 2 is 1.40 bits per heavy atom. The zero-order valence-corrected chi connectivity index (χ0v) is 20.9. The van der Waals surface area contributed by atoms with Crippen LogP contribution in [0, 0.1) is 0 Å². The number of rotatable bonds is 5. The van der Waals surface area contributed by atoms with Crippen molar-refractivity contribution in [3.63, 3.8) is 0 Å². The van der Waals surface area contributed by atoms with Crippen molar-refractivity contribution < 1.29 is 30.0 Å². The van der Waals surface area contributed by atoms with Crippen LogP contribution >= 0.6 is 0 Å². The molecule has 0 aromatic heterocycles. The van der Waals surface area contributed by atoms with E-state index in [4.69, 9.17) is 0 Å². The van der Waals surface area contributed by atoms with Crippen LogP contribution in [0.5, 0.6) is 0 Å². The van der Waals surface area contributed by atoms with Crippen LogP contribution in [-0.4, -0.2) is 64.2 Å². The van der Waals surface area contributed by atoms with E-state index < -0.39 is 31.8 Å². The van der Waals surface area contributed by atoms with Crippen molar-refractivity contribution in [2.75, 3.05) is 37.6 Å². The molecule has 0 spiro atoms. The number of nitrogens with zero attached hydrogens (tertiary/aromatic N) is 3. The number of piperidine rings is 1. The summed E-state index contributed by atoms with van der Waals surface area (Å²) in [5.41, 5.74) is -0.364. The highest BCUT2D eigenvalue weighted by Crippen LogP contribution is 2.32. The summed E-state index contributed by atoms with van der Waals surface area (Å²) in [6.45, 7) is 2.99. The van der Waals surface area contributed by atoms with Gasteiger partial charge in [0, 0.05) is 44.5 Å². The molecule has 2 aliphatic heterocycles. The van der Waals surface area contributed by atoms with E-state index in [0.29, 0.717) is 12.2 Å². The molecule has 192 valence electrons. The fraction of sp³-hybridized carbons (Fsp3) is 0.478. The third-order valence-corrected chi connectivity index (χ3v) is 10.5. The van der Waals surface area contributed by atoms with Gasteiger partial charge < -0.3 is 4.90 Å². The Morgan fingerprint density at radius 3 is 1.97 bits per heavy atom. The second-order valence-electron chi connectivity index (χ2n) is 8.87. The maximum Gasteiger partial charge on any atom is 0.416 e. The molecular formula is C23H28F3N3O4S2. The van der Waals surface area contributed by atoms with Crippen LogP contribution in [0.3, 0.4) is 0 Å². The monoisotopic (exact) mass is 531 g/mol. The first-order chi connectivity index (χ1) is 16.4. The van der Waals surface area contributed by atoms with Gasteiger partial charge in [0.2, 0.25) is 20.0 Å². The number of hydrogen-bond donors (Lipinski definition) is 0. The van der Waals surface area contributed by atoms with Crippen LogP contribution < -0.4 is 4.90 Å². The lowest BCUT2D eigenvalue weighted by molar-refractivity contribution is -0.137. The van der Waals surface area contributed by atoms with Gasteiger partial charge in [0.1, 0.15) is 0 Å². The second kappa shape index (κ2) is 9.72. The topological polar surface area (TPSA) is 78.0 Å². The molecule has 0 amide bonds. The van der Waals surface area contributed by atoms with Crippen LogP contribution in [0.15, 0.2) is 58.3 Å². The zero-order chi connectivity index (χ0) is 25.4. The van der Waals surface area contributed by atoms with Crippen LogP contribution in [0.1, 0.15) is 31.7 Å². The van der Waals surface area contributed by atoms with E-state index in [1.54, 1.807) is 11.0 Å². The molecule has 0 bridgehead atoms. The van der Waals surface area contributed by atoms with Gasteiger partial charge in [-0.3, -0.25) is 0 Å². The maximum atomic E-state index is 13.1. The third-order valence-electron chi connectivity index (χ3n) is 6.59. The van der Waals surface area contributed by atoms with Gasteiger partial charge in [0.15, 0.2) is 0 Å². The minimum absolute atomic E-state index is 0.0179. The van der Waals surface area contributed by atoms with Gasteiger partial charge in [-0.15, -0.1) is 0 Å². The average Bonchev–Trinajstić information content (AvgIpc) is 2.84. The minimum atomic E-state index is -4.45. The molecule has 0 unspecified atom stereocenters. The van der Waals surface area contributed by atoms with Crippen molar-refractivity contribution >= 4 is 25.7 Å². The molecule has 0 aliphatic carbocycles. The van der Waals surface area contributed by atoms with E-state index >= 15 is 0 Å². The first-order valence-electron chi connectivity index (χ1n) is 11.4. The van der Waals surface area contributed by atoms with E-state index in [1.165, 1.54) is 38.9 Å². The number of alkyl halides is 3. The zero-order valence-electron chi connectivity index (χ0n) is 19.3. The summed E-state index contributed by atoms with van der Waals surface area (Å²) in [6, 6.07) is 10.1. The Kier molecular flexibility index (Phi) is 7.20. The highest BCUT2D eigenvalue weighted by Gasteiger charge is 2.34. The lowest BCUT2D eigenvalue weighted by Crippen LogP contribution is -2.48. The molecule has 2 aliphatic rings. The molecule has 2 saturated heterocycles. The molecule has 2 fully saturated rings. The fourth-order valence-corrected chi connectivity index (χ4v) is 7.68. The smallest absolute Gasteiger partial charge is 0.369 e. The SMILES string of the molecule is C[C@@H]1CCCCN1S(=O)(=O)c1ccc(S(=O)(=O)N2CCN(c3cccc(C(F)(F)F)c3)CC2)cc1. The Hall–Kier alpha value is -2.15. The third kappa shape index (κ3) is 5.35. The van der Waals surface area contributed by atoms with Gasteiger partial charge in [-0.25, -0.2) is 16.8 Å². The second-order valence-corrected chi connectivity index (χ2v) is 12.7. The Morgan fingerprint density at radius 1 is 0.800 bits per heavy atom. The number of anilines is 1. The maximum absolute atomic E-state index is 13.1.